The van der Waals surface area contributed by atoms with Gasteiger partial charge < -0.3 is 14.9 Å². The fourth-order valence-corrected chi connectivity index (χ4v) is 4.95. The smallest absolute Gasteiger partial charge is 0.303 e. The molecule has 29 heavy (non-hydrogen) atoms. The Labute approximate surface area is 173 Å². The van der Waals surface area contributed by atoms with E-state index in [2.05, 4.69) is 52.9 Å². The van der Waals surface area contributed by atoms with E-state index in [0.717, 1.165) is 63.4 Å². The Bertz CT molecular complexity index is 863. The molecule has 1 aromatic carbocycles. The lowest BCUT2D eigenvalue weighted by Gasteiger charge is -2.46. The van der Waals surface area contributed by atoms with Crippen LogP contribution in [-0.2, 0) is 4.79 Å². The molecule has 156 valence electrons. The van der Waals surface area contributed by atoms with E-state index in [1.807, 2.05) is 6.07 Å². The number of rotatable bonds is 5. The number of carboxylic acids is 1. The van der Waals surface area contributed by atoms with Gasteiger partial charge in [0.1, 0.15) is 5.82 Å². The number of benzene rings is 1. The molecule has 6 nitrogen and oxygen atoms in total. The summed E-state index contributed by atoms with van der Waals surface area (Å²) in [7, 11) is 2.18. The zero-order valence-electron chi connectivity index (χ0n) is 17.5. The molecule has 0 saturated carbocycles. The van der Waals surface area contributed by atoms with Crippen molar-refractivity contribution < 1.29 is 9.90 Å². The van der Waals surface area contributed by atoms with Crippen molar-refractivity contribution in [1.29, 1.82) is 0 Å². The number of piperazine rings is 1. The van der Waals surface area contributed by atoms with Crippen LogP contribution >= 0.6 is 0 Å². The number of pyridine rings is 1. The van der Waals surface area contributed by atoms with Gasteiger partial charge in [-0.15, -0.1) is 0 Å². The Morgan fingerprint density at radius 1 is 1.17 bits per heavy atom. The molecule has 2 fully saturated rings. The average molecular weight is 397 g/mol. The van der Waals surface area contributed by atoms with Crippen molar-refractivity contribution in [2.45, 2.75) is 32.2 Å². The molecule has 0 radical (unpaired) electrons. The van der Waals surface area contributed by atoms with E-state index in [-0.39, 0.29) is 6.42 Å². The largest absolute Gasteiger partial charge is 0.481 e. The van der Waals surface area contributed by atoms with E-state index in [1.165, 1.54) is 10.9 Å². The number of likely N-dealkylation sites (N-methyl/N-ethyl adjacent to an activating group) is 1. The van der Waals surface area contributed by atoms with Gasteiger partial charge in [-0.05, 0) is 50.4 Å². The monoisotopic (exact) mass is 396 g/mol. The Hall–Kier alpha value is -2.18. The fraction of sp³-hybridized carbons (Fsp3) is 0.565. The Kier molecular flexibility index (Phi) is 6.01. The van der Waals surface area contributed by atoms with Gasteiger partial charge in [0.05, 0.1) is 5.52 Å². The van der Waals surface area contributed by atoms with Crippen molar-refractivity contribution in [2.24, 2.45) is 5.92 Å². The highest BCUT2D eigenvalue weighted by atomic mass is 16.4. The second-order valence-corrected chi connectivity index (χ2v) is 8.65. The number of fused-ring (bicyclic) bond motifs is 1. The standard InChI is InChI=1S/C23H32N4O2/c1-17-15-22(24-20-6-4-3-5-19(17)20)27-10-9-21(18(16-27)7-8-23(28)29)26-13-11-25(2)12-14-26/h3-6,15,18,21H,7-14,16H2,1-2H3,(H,28,29)/t18-,21+/m1/s1. The lowest BCUT2D eigenvalue weighted by molar-refractivity contribution is -0.137. The molecule has 2 aromatic rings. The van der Waals surface area contributed by atoms with Crippen LogP contribution in [0.1, 0.15) is 24.8 Å². The highest BCUT2D eigenvalue weighted by molar-refractivity contribution is 5.83. The first kappa shape index (κ1) is 20.1. The number of carbonyl (C=O) groups is 1. The molecular weight excluding hydrogens is 364 g/mol. The van der Waals surface area contributed by atoms with E-state index in [1.54, 1.807) is 0 Å². The van der Waals surface area contributed by atoms with Crippen LogP contribution in [0.5, 0.6) is 0 Å². The Morgan fingerprint density at radius 3 is 2.69 bits per heavy atom. The van der Waals surface area contributed by atoms with Gasteiger partial charge in [0.2, 0.25) is 0 Å². The third-order valence-corrected chi connectivity index (χ3v) is 6.66. The van der Waals surface area contributed by atoms with Crippen molar-refractivity contribution in [2.75, 3.05) is 51.2 Å². The Morgan fingerprint density at radius 2 is 1.93 bits per heavy atom. The van der Waals surface area contributed by atoms with Crippen molar-refractivity contribution >= 4 is 22.7 Å². The van der Waals surface area contributed by atoms with Crippen molar-refractivity contribution in [3.05, 3.63) is 35.9 Å². The maximum absolute atomic E-state index is 11.3. The maximum Gasteiger partial charge on any atom is 0.303 e. The minimum atomic E-state index is -0.695. The van der Waals surface area contributed by atoms with Gasteiger partial charge in [-0.25, -0.2) is 4.98 Å². The van der Waals surface area contributed by atoms with Gasteiger partial charge in [0.15, 0.2) is 0 Å². The second-order valence-electron chi connectivity index (χ2n) is 8.65. The predicted molar refractivity (Wildman–Crippen MR) is 117 cm³/mol. The molecule has 1 aromatic heterocycles. The molecule has 2 aliphatic heterocycles. The molecule has 2 aliphatic rings. The summed E-state index contributed by atoms with van der Waals surface area (Å²) >= 11 is 0. The molecule has 4 rings (SSSR count). The van der Waals surface area contributed by atoms with Gasteiger partial charge in [-0.3, -0.25) is 9.69 Å². The number of anilines is 1. The molecule has 0 amide bonds. The average Bonchev–Trinajstić information content (AvgIpc) is 2.73. The van der Waals surface area contributed by atoms with Gasteiger partial charge in [-0.1, -0.05) is 18.2 Å². The van der Waals surface area contributed by atoms with Gasteiger partial charge in [-0.2, -0.15) is 0 Å². The molecular formula is C23H32N4O2. The zero-order chi connectivity index (χ0) is 20.4. The van der Waals surface area contributed by atoms with Crippen LogP contribution in [0.2, 0.25) is 0 Å². The zero-order valence-corrected chi connectivity index (χ0v) is 17.5. The normalized spacial score (nSPS) is 24.1. The summed E-state index contributed by atoms with van der Waals surface area (Å²) in [5, 5.41) is 10.5. The second kappa shape index (κ2) is 8.67. The molecule has 0 bridgehead atoms. The van der Waals surface area contributed by atoms with E-state index in [0.29, 0.717) is 12.0 Å². The quantitative estimate of drug-likeness (QED) is 0.839. The van der Waals surface area contributed by atoms with Crippen LogP contribution < -0.4 is 4.90 Å². The minimum Gasteiger partial charge on any atom is -0.481 e. The van der Waals surface area contributed by atoms with Gasteiger partial charge in [0.25, 0.3) is 0 Å². The lowest BCUT2D eigenvalue weighted by atomic mass is 9.86. The third-order valence-electron chi connectivity index (χ3n) is 6.66. The van der Waals surface area contributed by atoms with Crippen molar-refractivity contribution in [3.63, 3.8) is 0 Å². The van der Waals surface area contributed by atoms with E-state index < -0.39 is 5.97 Å². The molecule has 0 spiro atoms. The number of nitrogens with zero attached hydrogens (tertiary/aromatic N) is 4. The summed E-state index contributed by atoms with van der Waals surface area (Å²) in [6.45, 7) is 8.36. The van der Waals surface area contributed by atoms with Crippen LogP contribution in [0, 0.1) is 12.8 Å². The van der Waals surface area contributed by atoms with E-state index >= 15 is 0 Å². The molecule has 6 heteroatoms. The third kappa shape index (κ3) is 4.54. The highest BCUT2D eigenvalue weighted by Gasteiger charge is 2.35. The molecule has 3 heterocycles. The fourth-order valence-electron chi connectivity index (χ4n) is 4.95. The van der Waals surface area contributed by atoms with E-state index in [4.69, 9.17) is 4.98 Å². The number of piperidine rings is 1. The number of aliphatic carboxylic acids is 1. The Balaban J connectivity index is 1.54. The van der Waals surface area contributed by atoms with Crippen LogP contribution in [0.4, 0.5) is 5.82 Å². The first-order valence-corrected chi connectivity index (χ1v) is 10.8. The molecule has 2 atom stereocenters. The summed E-state index contributed by atoms with van der Waals surface area (Å²) in [4.78, 5) is 23.5. The maximum atomic E-state index is 11.3. The SMILES string of the molecule is Cc1cc(N2CC[C@H](N3CCN(C)CC3)[C@H](CCC(=O)O)C2)nc2ccccc12. The highest BCUT2D eigenvalue weighted by Crippen LogP contribution is 2.31. The first-order chi connectivity index (χ1) is 14.0. The molecule has 2 saturated heterocycles. The molecule has 1 N–H and O–H groups in total. The number of para-hydroxylation sites is 1. The topological polar surface area (TPSA) is 59.9 Å². The van der Waals surface area contributed by atoms with Gasteiger partial charge in [0, 0.05) is 57.1 Å². The molecule has 0 unspecified atom stereocenters. The van der Waals surface area contributed by atoms with Crippen LogP contribution in [-0.4, -0.2) is 78.2 Å². The number of aromatic nitrogens is 1. The van der Waals surface area contributed by atoms with Crippen molar-refractivity contribution in [1.82, 2.24) is 14.8 Å². The summed E-state index contributed by atoms with van der Waals surface area (Å²) in [6.07, 6.45) is 2.05. The number of hydrogen-bond acceptors (Lipinski definition) is 5. The summed E-state index contributed by atoms with van der Waals surface area (Å²) in [5.74, 6) is 0.689. The number of aryl methyl sites for hydroxylation is 1. The van der Waals surface area contributed by atoms with Crippen LogP contribution in [0.25, 0.3) is 10.9 Å². The summed E-state index contributed by atoms with van der Waals surface area (Å²) in [5.41, 5.74) is 2.28. The number of hydrogen-bond donors (Lipinski definition) is 1. The first-order valence-electron chi connectivity index (χ1n) is 10.8. The lowest BCUT2D eigenvalue weighted by Crippen LogP contribution is -2.56. The van der Waals surface area contributed by atoms with Gasteiger partial charge >= 0.3 is 5.97 Å². The summed E-state index contributed by atoms with van der Waals surface area (Å²) < 4.78 is 0. The molecule has 0 aliphatic carbocycles. The van der Waals surface area contributed by atoms with Crippen LogP contribution in [0.15, 0.2) is 30.3 Å². The van der Waals surface area contributed by atoms with Crippen molar-refractivity contribution in [3.8, 4) is 0 Å². The minimum absolute atomic E-state index is 0.243. The van der Waals surface area contributed by atoms with Crippen LogP contribution in [0.3, 0.4) is 0 Å². The predicted octanol–water partition coefficient (Wildman–Crippen LogP) is 2.85. The summed E-state index contributed by atoms with van der Waals surface area (Å²) in [6, 6.07) is 10.9. The van der Waals surface area contributed by atoms with E-state index in [9.17, 15) is 9.90 Å². The number of carboxylic acid groups (broad SMARTS) is 1.